The molecule has 0 aromatic carbocycles. The molecule has 1 nitrogen and oxygen atoms in total. The van der Waals surface area contributed by atoms with E-state index in [9.17, 15) is 5.11 Å². The highest BCUT2D eigenvalue weighted by Crippen LogP contribution is 2.35. The molecule has 0 saturated heterocycles. The van der Waals surface area contributed by atoms with Crippen LogP contribution in [0.2, 0.25) is 0 Å². The van der Waals surface area contributed by atoms with Crippen molar-refractivity contribution in [2.75, 3.05) is 0 Å². The predicted molar refractivity (Wildman–Crippen MR) is 60.4 cm³/mol. The summed E-state index contributed by atoms with van der Waals surface area (Å²) in [5.41, 5.74) is 1.50. The predicted octanol–water partition coefficient (Wildman–Crippen LogP) is 3.46. The van der Waals surface area contributed by atoms with Crippen molar-refractivity contribution in [3.05, 3.63) is 34.0 Å². The summed E-state index contributed by atoms with van der Waals surface area (Å²) in [6.45, 7) is 1.91. The SMILES string of the molecule is CC(O)(C1=CCCCC1)c1ccsc1. The van der Waals surface area contributed by atoms with E-state index < -0.39 is 5.60 Å². The Kier molecular flexibility index (Phi) is 2.75. The minimum atomic E-state index is -0.736. The molecule has 0 saturated carbocycles. The Hall–Kier alpha value is -0.600. The van der Waals surface area contributed by atoms with E-state index in [4.69, 9.17) is 0 Å². The van der Waals surface area contributed by atoms with Crippen molar-refractivity contribution in [1.29, 1.82) is 0 Å². The molecule has 2 rings (SSSR count). The first kappa shape index (κ1) is 9.94. The van der Waals surface area contributed by atoms with E-state index in [0.717, 1.165) is 18.4 Å². The Bertz CT molecular complexity index is 322. The molecule has 14 heavy (non-hydrogen) atoms. The summed E-state index contributed by atoms with van der Waals surface area (Å²) >= 11 is 1.64. The first-order valence-corrected chi connectivity index (χ1v) is 6.10. The molecule has 0 spiro atoms. The molecular weight excluding hydrogens is 192 g/mol. The van der Waals surface area contributed by atoms with Crippen LogP contribution < -0.4 is 0 Å². The summed E-state index contributed by atoms with van der Waals surface area (Å²) in [7, 11) is 0. The summed E-state index contributed by atoms with van der Waals surface area (Å²) in [5.74, 6) is 0. The van der Waals surface area contributed by atoms with Gasteiger partial charge in [-0.2, -0.15) is 11.3 Å². The summed E-state index contributed by atoms with van der Waals surface area (Å²) in [6, 6.07) is 2.01. The van der Waals surface area contributed by atoms with Crippen LogP contribution in [0.3, 0.4) is 0 Å². The van der Waals surface area contributed by atoms with Gasteiger partial charge in [-0.25, -0.2) is 0 Å². The fraction of sp³-hybridized carbons (Fsp3) is 0.500. The van der Waals surface area contributed by atoms with E-state index in [1.165, 1.54) is 18.4 Å². The van der Waals surface area contributed by atoms with E-state index in [-0.39, 0.29) is 0 Å². The zero-order chi connectivity index (χ0) is 10.0. The molecule has 0 aliphatic heterocycles. The molecule has 0 fully saturated rings. The molecule has 1 heterocycles. The summed E-state index contributed by atoms with van der Waals surface area (Å²) < 4.78 is 0. The second-order valence-electron chi connectivity index (χ2n) is 4.06. The molecule has 0 radical (unpaired) electrons. The van der Waals surface area contributed by atoms with Gasteiger partial charge in [-0.1, -0.05) is 6.08 Å². The van der Waals surface area contributed by atoms with Crippen LogP contribution in [0.15, 0.2) is 28.5 Å². The maximum absolute atomic E-state index is 10.4. The number of hydrogen-bond acceptors (Lipinski definition) is 2. The largest absolute Gasteiger partial charge is 0.381 e. The monoisotopic (exact) mass is 208 g/mol. The molecule has 1 aliphatic carbocycles. The molecule has 1 aromatic rings. The Labute approximate surface area is 89.1 Å². The molecule has 76 valence electrons. The lowest BCUT2D eigenvalue weighted by molar-refractivity contribution is 0.0919. The van der Waals surface area contributed by atoms with Crippen molar-refractivity contribution in [3.8, 4) is 0 Å². The molecule has 0 bridgehead atoms. The number of thiophene rings is 1. The summed E-state index contributed by atoms with van der Waals surface area (Å²) in [4.78, 5) is 0. The van der Waals surface area contributed by atoms with E-state index in [2.05, 4.69) is 6.08 Å². The summed E-state index contributed by atoms with van der Waals surface area (Å²) in [6.07, 6.45) is 6.86. The van der Waals surface area contributed by atoms with Gasteiger partial charge in [-0.15, -0.1) is 0 Å². The average molecular weight is 208 g/mol. The first-order valence-electron chi connectivity index (χ1n) is 5.16. The minimum Gasteiger partial charge on any atom is -0.381 e. The highest BCUT2D eigenvalue weighted by atomic mass is 32.1. The van der Waals surface area contributed by atoms with Gasteiger partial charge in [0.15, 0.2) is 0 Å². The third-order valence-corrected chi connectivity index (χ3v) is 3.68. The topological polar surface area (TPSA) is 20.2 Å². The van der Waals surface area contributed by atoms with Crippen molar-refractivity contribution in [2.24, 2.45) is 0 Å². The van der Waals surface area contributed by atoms with Crippen LogP contribution >= 0.6 is 11.3 Å². The lowest BCUT2D eigenvalue weighted by atomic mass is 9.83. The average Bonchev–Trinajstić information content (AvgIpc) is 2.72. The van der Waals surface area contributed by atoms with Crippen LogP contribution in [-0.2, 0) is 5.60 Å². The quantitative estimate of drug-likeness (QED) is 0.738. The van der Waals surface area contributed by atoms with Gasteiger partial charge in [-0.05, 0) is 60.6 Å². The minimum absolute atomic E-state index is 0.736. The lowest BCUT2D eigenvalue weighted by Gasteiger charge is -2.28. The normalized spacial score (nSPS) is 21.4. The molecule has 1 aliphatic rings. The van der Waals surface area contributed by atoms with Crippen molar-refractivity contribution in [2.45, 2.75) is 38.2 Å². The van der Waals surface area contributed by atoms with Crippen LogP contribution in [0, 0.1) is 0 Å². The first-order chi connectivity index (χ1) is 6.71. The maximum atomic E-state index is 10.4. The van der Waals surface area contributed by atoms with Gasteiger partial charge in [0, 0.05) is 0 Å². The summed E-state index contributed by atoms with van der Waals surface area (Å²) in [5, 5.41) is 14.5. The van der Waals surface area contributed by atoms with Gasteiger partial charge in [0.1, 0.15) is 5.60 Å². The van der Waals surface area contributed by atoms with Crippen LogP contribution in [0.4, 0.5) is 0 Å². The van der Waals surface area contributed by atoms with Crippen LogP contribution in [0.1, 0.15) is 38.2 Å². The van der Waals surface area contributed by atoms with E-state index in [1.807, 2.05) is 23.8 Å². The molecular formula is C12H16OS. The smallest absolute Gasteiger partial charge is 0.109 e. The maximum Gasteiger partial charge on any atom is 0.109 e. The highest BCUT2D eigenvalue weighted by molar-refractivity contribution is 7.08. The Morgan fingerprint density at radius 3 is 2.86 bits per heavy atom. The number of hydrogen-bond donors (Lipinski definition) is 1. The van der Waals surface area contributed by atoms with Crippen molar-refractivity contribution in [1.82, 2.24) is 0 Å². The number of rotatable bonds is 2. The molecule has 1 atom stereocenters. The van der Waals surface area contributed by atoms with Crippen molar-refractivity contribution in [3.63, 3.8) is 0 Å². The number of allylic oxidation sites excluding steroid dienone is 1. The Morgan fingerprint density at radius 1 is 1.43 bits per heavy atom. The molecule has 1 unspecified atom stereocenters. The second kappa shape index (κ2) is 3.87. The Balaban J connectivity index is 2.27. The van der Waals surface area contributed by atoms with Gasteiger partial charge in [-0.3, -0.25) is 0 Å². The molecule has 2 heteroatoms. The highest BCUT2D eigenvalue weighted by Gasteiger charge is 2.28. The van der Waals surface area contributed by atoms with E-state index in [0.29, 0.717) is 0 Å². The van der Waals surface area contributed by atoms with E-state index >= 15 is 0 Å². The standard InChI is InChI=1S/C12H16OS/c1-12(13,11-7-8-14-9-11)10-5-3-2-4-6-10/h5,7-9,13H,2-4,6H2,1H3. The van der Waals surface area contributed by atoms with Crippen LogP contribution in [0.25, 0.3) is 0 Å². The zero-order valence-corrected chi connectivity index (χ0v) is 9.31. The van der Waals surface area contributed by atoms with Crippen LogP contribution in [-0.4, -0.2) is 5.11 Å². The Morgan fingerprint density at radius 2 is 2.29 bits per heavy atom. The third-order valence-electron chi connectivity index (χ3n) is 3.00. The molecule has 0 amide bonds. The van der Waals surface area contributed by atoms with Crippen molar-refractivity contribution >= 4 is 11.3 Å². The van der Waals surface area contributed by atoms with Gasteiger partial charge < -0.3 is 5.11 Å². The second-order valence-corrected chi connectivity index (χ2v) is 4.84. The zero-order valence-electron chi connectivity index (χ0n) is 8.49. The third kappa shape index (κ3) is 1.77. The fourth-order valence-corrected chi connectivity index (χ4v) is 2.77. The fourth-order valence-electron chi connectivity index (χ4n) is 2.01. The molecule has 1 N–H and O–H groups in total. The van der Waals surface area contributed by atoms with E-state index in [1.54, 1.807) is 11.3 Å². The van der Waals surface area contributed by atoms with Crippen LogP contribution in [0.5, 0.6) is 0 Å². The lowest BCUT2D eigenvalue weighted by Crippen LogP contribution is -2.24. The van der Waals surface area contributed by atoms with Gasteiger partial charge in [0.25, 0.3) is 0 Å². The molecule has 1 aromatic heterocycles. The van der Waals surface area contributed by atoms with Gasteiger partial charge in [0.05, 0.1) is 0 Å². The van der Waals surface area contributed by atoms with Gasteiger partial charge >= 0.3 is 0 Å². The van der Waals surface area contributed by atoms with Crippen molar-refractivity contribution < 1.29 is 5.11 Å². The van der Waals surface area contributed by atoms with Gasteiger partial charge in [0.2, 0.25) is 0 Å². The number of aliphatic hydroxyl groups is 1.